The number of carbonyl (C=O) groups excluding carboxylic acids is 1. The van der Waals surface area contributed by atoms with Gasteiger partial charge >= 0.3 is 0 Å². The maximum absolute atomic E-state index is 12.3. The summed E-state index contributed by atoms with van der Waals surface area (Å²) in [5, 5.41) is 3.51. The molecule has 0 radical (unpaired) electrons. The fraction of sp³-hybridized carbons (Fsp3) is 0.625. The Balaban J connectivity index is 1.70. The molecule has 1 aromatic rings. The Hall–Kier alpha value is -1.62. The number of ether oxygens (including phenoxy) is 1. The average molecular weight is 289 g/mol. The minimum atomic E-state index is -0.00663. The maximum Gasteiger partial charge on any atom is 0.272 e. The number of amides is 1. The Kier molecular flexibility index (Phi) is 4.10. The molecule has 2 saturated heterocycles. The Morgan fingerprint density at radius 3 is 2.86 bits per heavy atom. The lowest BCUT2D eigenvalue weighted by atomic mass is 9.95. The molecule has 21 heavy (non-hydrogen) atoms. The van der Waals surface area contributed by atoms with Crippen molar-refractivity contribution in [2.45, 2.75) is 51.4 Å². The van der Waals surface area contributed by atoms with Crippen molar-refractivity contribution in [2.24, 2.45) is 0 Å². The van der Waals surface area contributed by atoms with Crippen molar-refractivity contribution in [1.29, 1.82) is 0 Å². The summed E-state index contributed by atoms with van der Waals surface area (Å²) >= 11 is 0. The minimum absolute atomic E-state index is 0.00663. The third-order valence-electron chi connectivity index (χ3n) is 4.49. The Morgan fingerprint density at radius 2 is 2.24 bits per heavy atom. The molecule has 2 aliphatic heterocycles. The fourth-order valence-corrected chi connectivity index (χ4v) is 3.31. The Morgan fingerprint density at radius 1 is 1.43 bits per heavy atom. The summed E-state index contributed by atoms with van der Waals surface area (Å²) in [5.41, 5.74) is 1.47. The van der Waals surface area contributed by atoms with Gasteiger partial charge in [0.1, 0.15) is 5.69 Å². The molecule has 1 aromatic heterocycles. The third-order valence-corrected chi connectivity index (χ3v) is 4.49. The van der Waals surface area contributed by atoms with E-state index >= 15 is 0 Å². The van der Waals surface area contributed by atoms with Gasteiger partial charge in [0.05, 0.1) is 18.2 Å². The summed E-state index contributed by atoms with van der Waals surface area (Å²) in [5.74, 6) is -0.00663. The predicted octanol–water partition coefficient (Wildman–Crippen LogP) is 2.30. The normalized spacial score (nSPS) is 26.9. The van der Waals surface area contributed by atoms with E-state index in [1.807, 2.05) is 26.0 Å². The van der Waals surface area contributed by atoms with Gasteiger partial charge in [-0.25, -0.2) is 0 Å². The molecule has 0 aliphatic carbocycles. The quantitative estimate of drug-likeness (QED) is 0.903. The molecule has 2 fully saturated rings. The number of fused-ring (bicyclic) bond motifs is 2. The number of hydrogen-bond acceptors (Lipinski definition) is 4. The van der Waals surface area contributed by atoms with Crippen LogP contribution in [0.2, 0.25) is 0 Å². The summed E-state index contributed by atoms with van der Waals surface area (Å²) < 4.78 is 5.85. The van der Waals surface area contributed by atoms with Crippen molar-refractivity contribution in [2.75, 3.05) is 18.4 Å². The van der Waals surface area contributed by atoms with Crippen LogP contribution < -0.4 is 5.32 Å². The van der Waals surface area contributed by atoms with Gasteiger partial charge in [-0.05, 0) is 45.2 Å². The van der Waals surface area contributed by atoms with E-state index in [0.717, 1.165) is 18.5 Å². The number of pyridine rings is 1. The maximum atomic E-state index is 12.3. The second-order valence-corrected chi connectivity index (χ2v) is 5.77. The molecule has 0 aromatic carbocycles. The first-order chi connectivity index (χ1) is 10.2. The number of nitrogens with one attached hydrogen (secondary N) is 1. The molecule has 5 nitrogen and oxygen atoms in total. The SMILES string of the molecule is CCN(CC)C(=O)c1cc(NC2CC3CCC2O3)ccn1. The van der Waals surface area contributed by atoms with E-state index < -0.39 is 0 Å². The van der Waals surface area contributed by atoms with E-state index in [-0.39, 0.29) is 5.91 Å². The molecule has 2 bridgehead atoms. The van der Waals surface area contributed by atoms with Gasteiger partial charge in [0, 0.05) is 25.0 Å². The molecule has 3 unspecified atom stereocenters. The zero-order valence-electron chi connectivity index (χ0n) is 12.7. The molecule has 0 spiro atoms. The van der Waals surface area contributed by atoms with Crippen LogP contribution in [0.1, 0.15) is 43.6 Å². The van der Waals surface area contributed by atoms with Crippen molar-refractivity contribution in [1.82, 2.24) is 9.88 Å². The van der Waals surface area contributed by atoms with Gasteiger partial charge in [-0.2, -0.15) is 0 Å². The highest BCUT2D eigenvalue weighted by Gasteiger charge is 2.40. The van der Waals surface area contributed by atoms with Crippen molar-refractivity contribution >= 4 is 11.6 Å². The van der Waals surface area contributed by atoms with Crippen molar-refractivity contribution in [3.05, 3.63) is 24.0 Å². The first-order valence-corrected chi connectivity index (χ1v) is 7.88. The lowest BCUT2D eigenvalue weighted by Crippen LogP contribution is -2.32. The third kappa shape index (κ3) is 2.88. The standard InChI is InChI=1S/C16H23N3O2/c1-3-19(4-2)16(20)14-9-11(7-8-17-14)18-13-10-12-5-6-15(13)21-12/h7-9,12-13,15H,3-6,10H2,1-2H3,(H,17,18). The number of hydrogen-bond donors (Lipinski definition) is 1. The van der Waals surface area contributed by atoms with Gasteiger partial charge in [0.25, 0.3) is 5.91 Å². The summed E-state index contributed by atoms with van der Waals surface area (Å²) in [7, 11) is 0. The van der Waals surface area contributed by atoms with Crippen LogP contribution in [0.5, 0.6) is 0 Å². The van der Waals surface area contributed by atoms with Crippen molar-refractivity contribution in [3.63, 3.8) is 0 Å². The largest absolute Gasteiger partial charge is 0.379 e. The Labute approximate surface area is 125 Å². The lowest BCUT2D eigenvalue weighted by molar-refractivity contribution is 0.0767. The Bertz CT molecular complexity index is 516. The van der Waals surface area contributed by atoms with E-state index in [1.54, 1.807) is 11.1 Å². The molecule has 0 saturated carbocycles. The lowest BCUT2D eigenvalue weighted by Gasteiger charge is -2.22. The second kappa shape index (κ2) is 6.02. The molecule has 3 heterocycles. The first kappa shape index (κ1) is 14.3. The van der Waals surface area contributed by atoms with E-state index in [9.17, 15) is 4.79 Å². The number of anilines is 1. The van der Waals surface area contributed by atoms with Crippen LogP contribution in [0, 0.1) is 0 Å². The van der Waals surface area contributed by atoms with E-state index in [1.165, 1.54) is 6.42 Å². The van der Waals surface area contributed by atoms with Gasteiger partial charge in [-0.1, -0.05) is 0 Å². The monoisotopic (exact) mass is 289 g/mol. The molecule has 3 atom stereocenters. The molecular formula is C16H23N3O2. The molecule has 114 valence electrons. The van der Waals surface area contributed by atoms with E-state index in [2.05, 4.69) is 10.3 Å². The van der Waals surface area contributed by atoms with Gasteiger partial charge in [-0.3, -0.25) is 9.78 Å². The number of aromatic nitrogens is 1. The molecule has 5 heteroatoms. The van der Waals surface area contributed by atoms with Crippen LogP contribution in [0.4, 0.5) is 5.69 Å². The summed E-state index contributed by atoms with van der Waals surface area (Å²) in [6, 6.07) is 4.14. The fourth-order valence-electron chi connectivity index (χ4n) is 3.31. The van der Waals surface area contributed by atoms with E-state index in [0.29, 0.717) is 37.0 Å². The van der Waals surface area contributed by atoms with Crippen LogP contribution in [0.25, 0.3) is 0 Å². The zero-order valence-corrected chi connectivity index (χ0v) is 12.7. The van der Waals surface area contributed by atoms with E-state index in [4.69, 9.17) is 4.74 Å². The highest BCUT2D eigenvalue weighted by Crippen LogP contribution is 2.35. The summed E-state index contributed by atoms with van der Waals surface area (Å²) in [6.45, 7) is 5.37. The first-order valence-electron chi connectivity index (χ1n) is 7.88. The van der Waals surface area contributed by atoms with Gasteiger partial charge in [-0.15, -0.1) is 0 Å². The van der Waals surface area contributed by atoms with Crippen LogP contribution >= 0.6 is 0 Å². The highest BCUT2D eigenvalue weighted by molar-refractivity contribution is 5.93. The second-order valence-electron chi connectivity index (χ2n) is 5.77. The summed E-state index contributed by atoms with van der Waals surface area (Å²) in [4.78, 5) is 18.3. The molecular weight excluding hydrogens is 266 g/mol. The zero-order chi connectivity index (χ0) is 14.8. The van der Waals surface area contributed by atoms with Crippen molar-refractivity contribution in [3.8, 4) is 0 Å². The smallest absolute Gasteiger partial charge is 0.272 e. The van der Waals surface area contributed by atoms with Crippen LogP contribution in [-0.4, -0.2) is 47.1 Å². The number of rotatable bonds is 5. The topological polar surface area (TPSA) is 54.5 Å². The highest BCUT2D eigenvalue weighted by atomic mass is 16.5. The minimum Gasteiger partial charge on any atom is -0.379 e. The average Bonchev–Trinajstić information content (AvgIpc) is 3.11. The van der Waals surface area contributed by atoms with Crippen LogP contribution in [-0.2, 0) is 4.74 Å². The van der Waals surface area contributed by atoms with Gasteiger partial charge in [0.2, 0.25) is 0 Å². The number of nitrogens with zero attached hydrogens (tertiary/aromatic N) is 2. The molecule has 1 N–H and O–H groups in total. The summed E-state index contributed by atoms with van der Waals surface area (Å²) in [6.07, 6.45) is 5.83. The molecule has 2 aliphatic rings. The predicted molar refractivity (Wildman–Crippen MR) is 81.4 cm³/mol. The molecule has 1 amide bonds. The van der Waals surface area contributed by atoms with Gasteiger partial charge in [0.15, 0.2) is 0 Å². The van der Waals surface area contributed by atoms with Crippen molar-refractivity contribution < 1.29 is 9.53 Å². The van der Waals surface area contributed by atoms with Gasteiger partial charge < -0.3 is 15.0 Å². The number of carbonyl (C=O) groups is 1. The molecule has 3 rings (SSSR count). The van der Waals surface area contributed by atoms with Crippen LogP contribution in [0.3, 0.4) is 0 Å². The van der Waals surface area contributed by atoms with Crippen LogP contribution in [0.15, 0.2) is 18.3 Å².